The number of esters is 1. The Labute approximate surface area is 135 Å². The lowest BCUT2D eigenvalue weighted by molar-refractivity contribution is -0.137. The monoisotopic (exact) mass is 313 g/mol. The number of rotatable bonds is 8. The van der Waals surface area contributed by atoms with E-state index in [2.05, 4.69) is 6.58 Å². The standard InChI is InChI=1S/C18H19NO4/c1-13(2)17(21)11-15-6-4-14(10-16(15)12-20)5-7-18(22)23-9-3-8-19/h4-7,10,20H,1,3,9,11-12H2,2H3/b7-5+. The predicted octanol–water partition coefficient (Wildman–Crippen LogP) is 2.34. The zero-order chi connectivity index (χ0) is 17.2. The number of carbonyl (C=O) groups excluding carboxylic acids is 2. The highest BCUT2D eigenvalue weighted by Crippen LogP contribution is 2.16. The lowest BCUT2D eigenvalue weighted by Crippen LogP contribution is -2.06. The van der Waals surface area contributed by atoms with Crippen LogP contribution in [0.5, 0.6) is 0 Å². The van der Waals surface area contributed by atoms with Crippen LogP contribution in [0.1, 0.15) is 30.0 Å². The van der Waals surface area contributed by atoms with E-state index in [1.807, 2.05) is 6.07 Å². The summed E-state index contributed by atoms with van der Waals surface area (Å²) < 4.78 is 4.81. The van der Waals surface area contributed by atoms with E-state index >= 15 is 0 Å². The molecule has 1 aromatic carbocycles. The van der Waals surface area contributed by atoms with Crippen LogP contribution in [-0.2, 0) is 27.4 Å². The number of benzene rings is 1. The second-order valence-corrected chi connectivity index (χ2v) is 4.98. The smallest absolute Gasteiger partial charge is 0.330 e. The molecule has 0 saturated heterocycles. The average molecular weight is 313 g/mol. The van der Waals surface area contributed by atoms with Gasteiger partial charge in [0.25, 0.3) is 0 Å². The highest BCUT2D eigenvalue weighted by molar-refractivity contribution is 5.95. The van der Waals surface area contributed by atoms with Crippen LogP contribution in [0.4, 0.5) is 0 Å². The fourth-order valence-corrected chi connectivity index (χ4v) is 1.80. The quantitative estimate of drug-likeness (QED) is 0.452. The molecule has 0 aliphatic rings. The van der Waals surface area contributed by atoms with E-state index in [1.54, 1.807) is 31.2 Å². The molecule has 1 N–H and O–H groups in total. The first-order valence-electron chi connectivity index (χ1n) is 7.11. The number of carbonyl (C=O) groups is 2. The van der Waals surface area contributed by atoms with Crippen molar-refractivity contribution < 1.29 is 19.4 Å². The van der Waals surface area contributed by atoms with Crippen LogP contribution >= 0.6 is 0 Å². The number of ketones is 1. The molecule has 1 rings (SSSR count). The molecule has 0 amide bonds. The Balaban J connectivity index is 2.79. The van der Waals surface area contributed by atoms with Crippen molar-refractivity contribution in [2.45, 2.75) is 26.4 Å². The maximum atomic E-state index is 11.7. The molecular weight excluding hydrogens is 294 g/mol. The molecule has 0 heterocycles. The summed E-state index contributed by atoms with van der Waals surface area (Å²) >= 11 is 0. The van der Waals surface area contributed by atoms with E-state index in [0.717, 1.165) is 5.56 Å². The summed E-state index contributed by atoms with van der Waals surface area (Å²) in [6.07, 6.45) is 3.15. The average Bonchev–Trinajstić information content (AvgIpc) is 2.53. The number of aliphatic hydroxyl groups excluding tert-OH is 1. The summed E-state index contributed by atoms with van der Waals surface area (Å²) in [5.41, 5.74) is 2.53. The lowest BCUT2D eigenvalue weighted by atomic mass is 9.98. The molecule has 0 aliphatic heterocycles. The number of aliphatic hydroxyl groups is 1. The number of Topliss-reactive ketones (excluding diaryl/α,β-unsaturated/α-hetero) is 1. The van der Waals surface area contributed by atoms with Crippen LogP contribution in [0.2, 0.25) is 0 Å². The van der Waals surface area contributed by atoms with Crippen molar-refractivity contribution in [2.75, 3.05) is 6.61 Å². The number of hydrogen-bond acceptors (Lipinski definition) is 5. The molecule has 23 heavy (non-hydrogen) atoms. The minimum absolute atomic E-state index is 0.0590. The third kappa shape index (κ3) is 6.29. The Bertz CT molecular complexity index is 668. The topological polar surface area (TPSA) is 87.4 Å². The van der Waals surface area contributed by atoms with Crippen molar-refractivity contribution >= 4 is 17.8 Å². The fourth-order valence-electron chi connectivity index (χ4n) is 1.80. The van der Waals surface area contributed by atoms with Crippen LogP contribution in [0.15, 0.2) is 36.4 Å². The molecule has 5 heteroatoms. The third-order valence-corrected chi connectivity index (χ3v) is 3.10. The molecule has 0 spiro atoms. The molecule has 5 nitrogen and oxygen atoms in total. The Morgan fingerprint density at radius 3 is 2.74 bits per heavy atom. The molecule has 0 aliphatic carbocycles. The Morgan fingerprint density at radius 2 is 2.13 bits per heavy atom. The molecule has 1 aromatic rings. The van der Waals surface area contributed by atoms with Gasteiger partial charge in [-0.1, -0.05) is 18.7 Å². The van der Waals surface area contributed by atoms with Crippen molar-refractivity contribution in [3.63, 3.8) is 0 Å². The van der Waals surface area contributed by atoms with Crippen molar-refractivity contribution in [3.8, 4) is 6.07 Å². The van der Waals surface area contributed by atoms with Gasteiger partial charge in [0.1, 0.15) is 6.61 Å². The molecule has 0 saturated carbocycles. The Morgan fingerprint density at radius 1 is 1.39 bits per heavy atom. The van der Waals surface area contributed by atoms with E-state index in [4.69, 9.17) is 10.00 Å². The van der Waals surface area contributed by atoms with Gasteiger partial charge in [0.05, 0.1) is 19.1 Å². The number of ether oxygens (including phenoxy) is 1. The van der Waals surface area contributed by atoms with Crippen LogP contribution in [0.25, 0.3) is 6.08 Å². The van der Waals surface area contributed by atoms with Gasteiger partial charge in [-0.2, -0.15) is 5.26 Å². The third-order valence-electron chi connectivity index (χ3n) is 3.10. The maximum Gasteiger partial charge on any atom is 0.330 e. The summed E-state index contributed by atoms with van der Waals surface area (Å²) in [6, 6.07) is 7.08. The van der Waals surface area contributed by atoms with Gasteiger partial charge in [-0.15, -0.1) is 0 Å². The Kier molecular flexibility index (Phi) is 7.44. The molecule has 0 fully saturated rings. The van der Waals surface area contributed by atoms with Crippen molar-refractivity contribution in [3.05, 3.63) is 53.1 Å². The van der Waals surface area contributed by atoms with Crippen molar-refractivity contribution in [1.82, 2.24) is 0 Å². The lowest BCUT2D eigenvalue weighted by Gasteiger charge is -2.08. The minimum Gasteiger partial charge on any atom is -0.461 e. The van der Waals surface area contributed by atoms with Gasteiger partial charge in [0.2, 0.25) is 0 Å². The number of nitriles is 1. The van der Waals surface area contributed by atoms with E-state index in [9.17, 15) is 14.7 Å². The summed E-state index contributed by atoms with van der Waals surface area (Å²) in [4.78, 5) is 23.1. The molecule has 120 valence electrons. The number of allylic oxidation sites excluding steroid dienone is 1. The highest BCUT2D eigenvalue weighted by Gasteiger charge is 2.09. The van der Waals surface area contributed by atoms with Crippen molar-refractivity contribution in [1.29, 1.82) is 5.26 Å². The van der Waals surface area contributed by atoms with E-state index in [0.29, 0.717) is 16.7 Å². The van der Waals surface area contributed by atoms with Gasteiger partial charge in [-0.25, -0.2) is 4.79 Å². The zero-order valence-corrected chi connectivity index (χ0v) is 13.0. The zero-order valence-electron chi connectivity index (χ0n) is 13.0. The molecular formula is C18H19NO4. The van der Waals surface area contributed by atoms with Gasteiger partial charge >= 0.3 is 5.97 Å². The number of nitrogens with zero attached hydrogens (tertiary/aromatic N) is 1. The molecule has 0 bridgehead atoms. The predicted molar refractivity (Wildman–Crippen MR) is 86.1 cm³/mol. The normalized spacial score (nSPS) is 10.3. The molecule has 0 aromatic heterocycles. The van der Waals surface area contributed by atoms with Crippen LogP contribution in [0, 0.1) is 11.3 Å². The van der Waals surface area contributed by atoms with Crippen LogP contribution in [0.3, 0.4) is 0 Å². The first-order valence-corrected chi connectivity index (χ1v) is 7.11. The fraction of sp³-hybridized carbons (Fsp3) is 0.278. The summed E-state index contributed by atoms with van der Waals surface area (Å²) in [5, 5.41) is 17.8. The van der Waals surface area contributed by atoms with Gasteiger partial charge in [0, 0.05) is 12.5 Å². The second kappa shape index (κ2) is 9.34. The maximum absolute atomic E-state index is 11.7. The van der Waals surface area contributed by atoms with Gasteiger partial charge in [-0.3, -0.25) is 4.79 Å². The largest absolute Gasteiger partial charge is 0.461 e. The summed E-state index contributed by atoms with van der Waals surface area (Å²) in [6.45, 7) is 5.12. The van der Waals surface area contributed by atoms with Gasteiger partial charge in [-0.05, 0) is 41.3 Å². The van der Waals surface area contributed by atoms with Crippen LogP contribution < -0.4 is 0 Å². The summed E-state index contributed by atoms with van der Waals surface area (Å²) in [7, 11) is 0. The molecule has 0 atom stereocenters. The van der Waals surface area contributed by atoms with E-state index < -0.39 is 5.97 Å². The van der Waals surface area contributed by atoms with Crippen LogP contribution in [-0.4, -0.2) is 23.5 Å². The number of hydrogen-bond donors (Lipinski definition) is 1. The minimum atomic E-state index is -0.535. The first-order chi connectivity index (χ1) is 11.0. The Hall–Kier alpha value is -2.71. The van der Waals surface area contributed by atoms with E-state index in [1.165, 1.54) is 6.08 Å². The van der Waals surface area contributed by atoms with E-state index in [-0.39, 0.29) is 31.8 Å². The first kappa shape index (κ1) is 18.3. The second-order valence-electron chi connectivity index (χ2n) is 4.98. The van der Waals surface area contributed by atoms with Gasteiger partial charge < -0.3 is 9.84 Å². The summed E-state index contributed by atoms with van der Waals surface area (Å²) in [5.74, 6) is -0.614. The van der Waals surface area contributed by atoms with Crippen molar-refractivity contribution in [2.24, 2.45) is 0 Å². The highest BCUT2D eigenvalue weighted by atomic mass is 16.5. The molecule has 0 radical (unpaired) electrons. The van der Waals surface area contributed by atoms with Gasteiger partial charge in [0.15, 0.2) is 5.78 Å². The SMILES string of the molecule is C=C(C)C(=O)Cc1ccc(/C=C/C(=O)OCCC#N)cc1CO. The molecule has 0 unspecified atom stereocenters.